The highest BCUT2D eigenvalue weighted by molar-refractivity contribution is 5.96. The van der Waals surface area contributed by atoms with Crippen LogP contribution in [0.15, 0.2) is 48.8 Å². The third kappa shape index (κ3) is 4.10. The van der Waals surface area contributed by atoms with E-state index in [-0.39, 0.29) is 5.91 Å². The smallest absolute Gasteiger partial charge is 0.337 e. The van der Waals surface area contributed by atoms with E-state index in [9.17, 15) is 9.59 Å². The molecule has 154 valence electrons. The molecule has 0 saturated heterocycles. The number of hydrogen-bond acceptors (Lipinski definition) is 5. The number of fused-ring (bicyclic) bond motifs is 1. The molecule has 0 atom stereocenters. The fourth-order valence-corrected chi connectivity index (χ4v) is 3.85. The predicted molar refractivity (Wildman–Crippen MR) is 112 cm³/mol. The quantitative estimate of drug-likeness (QED) is 0.638. The van der Waals surface area contributed by atoms with Gasteiger partial charge in [0.05, 0.1) is 24.9 Å². The summed E-state index contributed by atoms with van der Waals surface area (Å²) >= 11 is 0. The average molecular weight is 404 g/mol. The van der Waals surface area contributed by atoms with Crippen LogP contribution in [0.4, 0.5) is 0 Å². The molecule has 1 N–H and O–H groups in total. The third-order valence-electron chi connectivity index (χ3n) is 5.39. The molecule has 0 unspecified atom stereocenters. The van der Waals surface area contributed by atoms with E-state index in [0.717, 1.165) is 30.5 Å². The fraction of sp³-hybridized carbons (Fsp3) is 0.304. The first-order valence-corrected chi connectivity index (χ1v) is 10.1. The highest BCUT2D eigenvalue weighted by atomic mass is 16.5. The second-order valence-electron chi connectivity index (χ2n) is 7.26. The number of carbonyl (C=O) groups excluding carboxylic acids is 2. The minimum Gasteiger partial charge on any atom is -0.465 e. The molecule has 0 spiro atoms. The zero-order valence-corrected chi connectivity index (χ0v) is 16.9. The summed E-state index contributed by atoms with van der Waals surface area (Å²) in [7, 11) is 1.33. The minimum absolute atomic E-state index is 0.179. The molecule has 1 aliphatic rings. The van der Waals surface area contributed by atoms with E-state index in [1.165, 1.54) is 24.8 Å². The Morgan fingerprint density at radius 2 is 1.73 bits per heavy atom. The van der Waals surface area contributed by atoms with Crippen LogP contribution in [-0.2, 0) is 24.1 Å². The van der Waals surface area contributed by atoms with Gasteiger partial charge in [-0.1, -0.05) is 0 Å². The molecule has 7 heteroatoms. The molecular weight excluding hydrogens is 380 g/mol. The number of hydrogen-bond donors (Lipinski definition) is 1. The first-order chi connectivity index (χ1) is 14.7. The molecule has 0 fully saturated rings. The molecule has 30 heavy (non-hydrogen) atoms. The summed E-state index contributed by atoms with van der Waals surface area (Å²) in [6.45, 7) is 1.08. The number of esters is 1. The normalized spacial score (nSPS) is 12.8. The van der Waals surface area contributed by atoms with Crippen LogP contribution >= 0.6 is 0 Å². The topological polar surface area (TPSA) is 86.1 Å². The molecule has 7 nitrogen and oxygen atoms in total. The van der Waals surface area contributed by atoms with Gasteiger partial charge < -0.3 is 10.1 Å². The number of methoxy groups -OCH3 is 1. The van der Waals surface area contributed by atoms with E-state index in [1.54, 1.807) is 36.7 Å². The molecule has 1 amide bonds. The number of carbonyl (C=O) groups is 2. The maximum absolute atomic E-state index is 12.4. The van der Waals surface area contributed by atoms with Crippen LogP contribution in [0.3, 0.4) is 0 Å². The number of nitrogens with one attached hydrogen (secondary N) is 1. The number of amides is 1. The molecule has 1 aromatic carbocycles. The predicted octanol–water partition coefficient (Wildman–Crippen LogP) is 3.04. The average Bonchev–Trinajstić information content (AvgIpc) is 3.18. The van der Waals surface area contributed by atoms with Crippen molar-refractivity contribution in [2.75, 3.05) is 13.7 Å². The molecule has 0 aliphatic heterocycles. The van der Waals surface area contributed by atoms with Crippen molar-refractivity contribution < 1.29 is 14.3 Å². The van der Waals surface area contributed by atoms with Gasteiger partial charge in [0, 0.05) is 41.3 Å². The summed E-state index contributed by atoms with van der Waals surface area (Å²) in [5.41, 5.74) is 5.61. The zero-order chi connectivity index (χ0) is 20.9. The maximum atomic E-state index is 12.4. The van der Waals surface area contributed by atoms with Crippen molar-refractivity contribution >= 4 is 11.9 Å². The molecule has 1 aliphatic carbocycles. The largest absolute Gasteiger partial charge is 0.465 e. The number of aromatic nitrogens is 3. The van der Waals surface area contributed by atoms with Crippen molar-refractivity contribution in [2.24, 2.45) is 0 Å². The van der Waals surface area contributed by atoms with E-state index in [4.69, 9.17) is 5.10 Å². The van der Waals surface area contributed by atoms with Crippen molar-refractivity contribution in [2.45, 2.75) is 32.2 Å². The minimum atomic E-state index is -0.421. The summed E-state index contributed by atoms with van der Waals surface area (Å²) in [4.78, 5) is 28.0. The molecule has 3 aromatic rings. The van der Waals surface area contributed by atoms with E-state index >= 15 is 0 Å². The van der Waals surface area contributed by atoms with Crippen LogP contribution in [0.1, 0.15) is 44.8 Å². The Morgan fingerprint density at radius 1 is 1.03 bits per heavy atom. The Bertz CT molecular complexity index is 1040. The summed E-state index contributed by atoms with van der Waals surface area (Å²) in [5, 5.41) is 7.80. The monoisotopic (exact) mass is 404 g/mol. The van der Waals surface area contributed by atoms with Crippen LogP contribution in [-0.4, -0.2) is 40.3 Å². The Labute approximate surface area is 175 Å². The molecule has 2 aromatic heterocycles. The van der Waals surface area contributed by atoms with Crippen molar-refractivity contribution in [3.8, 4) is 11.3 Å². The van der Waals surface area contributed by atoms with E-state index in [1.807, 2.05) is 16.8 Å². The van der Waals surface area contributed by atoms with E-state index < -0.39 is 5.97 Å². The first-order valence-electron chi connectivity index (χ1n) is 10.1. The molecule has 2 heterocycles. The molecule has 0 radical (unpaired) electrons. The second-order valence-corrected chi connectivity index (χ2v) is 7.26. The maximum Gasteiger partial charge on any atom is 0.337 e. The van der Waals surface area contributed by atoms with Gasteiger partial charge in [-0.05, 0) is 62.1 Å². The van der Waals surface area contributed by atoms with E-state index in [0.29, 0.717) is 24.2 Å². The summed E-state index contributed by atoms with van der Waals surface area (Å²) in [5.74, 6) is -0.600. The number of benzene rings is 1. The van der Waals surface area contributed by atoms with Crippen LogP contribution in [0, 0.1) is 0 Å². The number of ether oxygens (including phenoxy) is 1. The number of pyridine rings is 1. The van der Waals surface area contributed by atoms with Crippen LogP contribution in [0.25, 0.3) is 11.3 Å². The molecular formula is C23H24N4O3. The first kappa shape index (κ1) is 19.8. The second kappa shape index (κ2) is 8.90. The van der Waals surface area contributed by atoms with Gasteiger partial charge in [0.25, 0.3) is 5.91 Å². The summed E-state index contributed by atoms with van der Waals surface area (Å²) in [6, 6.07) is 10.4. The van der Waals surface area contributed by atoms with Crippen LogP contribution in [0.5, 0.6) is 0 Å². The van der Waals surface area contributed by atoms with Crippen LogP contribution in [0.2, 0.25) is 0 Å². The van der Waals surface area contributed by atoms with Crippen LogP contribution < -0.4 is 5.32 Å². The molecule has 4 rings (SSSR count). The lowest BCUT2D eigenvalue weighted by molar-refractivity contribution is 0.0600. The number of nitrogens with zero attached hydrogens (tertiary/aromatic N) is 3. The Balaban J connectivity index is 1.43. The lowest BCUT2D eigenvalue weighted by Gasteiger charge is -2.14. The SMILES string of the molecule is COC(=O)c1ccc(C(=O)NCCn2nc(-c3ccncc3)c3c2CCCC3)cc1. The van der Waals surface area contributed by atoms with Gasteiger partial charge in [-0.15, -0.1) is 0 Å². The van der Waals surface area contributed by atoms with Gasteiger partial charge in [0.2, 0.25) is 0 Å². The lowest BCUT2D eigenvalue weighted by atomic mass is 9.94. The summed E-state index contributed by atoms with van der Waals surface area (Å²) in [6.07, 6.45) is 7.95. The van der Waals surface area contributed by atoms with Gasteiger partial charge in [-0.2, -0.15) is 5.10 Å². The third-order valence-corrected chi connectivity index (χ3v) is 5.39. The van der Waals surface area contributed by atoms with Gasteiger partial charge in [0.15, 0.2) is 0 Å². The number of rotatable bonds is 6. The van der Waals surface area contributed by atoms with Gasteiger partial charge >= 0.3 is 5.97 Å². The van der Waals surface area contributed by atoms with Gasteiger partial charge in [-0.25, -0.2) is 4.79 Å². The van der Waals surface area contributed by atoms with Gasteiger partial charge in [0.1, 0.15) is 0 Å². The van der Waals surface area contributed by atoms with Crippen molar-refractivity contribution in [1.29, 1.82) is 0 Å². The van der Waals surface area contributed by atoms with Crippen molar-refractivity contribution in [1.82, 2.24) is 20.1 Å². The van der Waals surface area contributed by atoms with Crippen molar-refractivity contribution in [3.63, 3.8) is 0 Å². The van der Waals surface area contributed by atoms with Crippen molar-refractivity contribution in [3.05, 3.63) is 71.2 Å². The Morgan fingerprint density at radius 3 is 2.47 bits per heavy atom. The summed E-state index contributed by atoms with van der Waals surface area (Å²) < 4.78 is 6.71. The standard InChI is InChI=1S/C23H24N4O3/c1-30-23(29)18-8-6-17(7-9-18)22(28)25-14-15-27-20-5-3-2-4-19(20)21(26-27)16-10-12-24-13-11-16/h6-13H,2-5,14-15H2,1H3,(H,25,28). The highest BCUT2D eigenvalue weighted by Crippen LogP contribution is 2.30. The molecule has 0 saturated carbocycles. The molecule has 0 bridgehead atoms. The lowest BCUT2D eigenvalue weighted by Crippen LogP contribution is -2.28. The zero-order valence-electron chi connectivity index (χ0n) is 16.9. The van der Waals surface area contributed by atoms with Gasteiger partial charge in [-0.3, -0.25) is 14.5 Å². The highest BCUT2D eigenvalue weighted by Gasteiger charge is 2.21. The Hall–Kier alpha value is -3.48. The fourth-order valence-electron chi connectivity index (χ4n) is 3.85. The Kier molecular flexibility index (Phi) is 5.88. The van der Waals surface area contributed by atoms with E-state index in [2.05, 4.69) is 15.0 Å².